The van der Waals surface area contributed by atoms with E-state index in [0.29, 0.717) is 29.4 Å². The monoisotopic (exact) mass is 434 g/mol. The lowest BCUT2D eigenvalue weighted by Crippen LogP contribution is -2.35. The molecule has 1 aliphatic rings. The Kier molecular flexibility index (Phi) is 5.87. The molecular weight excluding hydrogens is 415 g/mol. The van der Waals surface area contributed by atoms with Crippen LogP contribution < -0.4 is 4.90 Å². The molecule has 0 spiro atoms. The van der Waals surface area contributed by atoms with Gasteiger partial charge in [-0.15, -0.1) is 0 Å². The quantitative estimate of drug-likeness (QED) is 0.495. The van der Waals surface area contributed by atoms with E-state index in [1.165, 1.54) is 24.3 Å². The zero-order valence-electron chi connectivity index (χ0n) is 16.9. The molecule has 0 aliphatic carbocycles. The summed E-state index contributed by atoms with van der Waals surface area (Å²) in [6, 6.07) is 22.0. The predicted molar refractivity (Wildman–Crippen MR) is 120 cm³/mol. The Morgan fingerprint density at radius 2 is 1.52 bits per heavy atom. The maximum absolute atomic E-state index is 13.6. The predicted octanol–water partition coefficient (Wildman–Crippen LogP) is 5.29. The van der Waals surface area contributed by atoms with Gasteiger partial charge in [-0.1, -0.05) is 66.2 Å². The van der Waals surface area contributed by atoms with Crippen molar-refractivity contribution >= 4 is 34.7 Å². The third-order valence-corrected chi connectivity index (χ3v) is 5.52. The normalized spacial score (nSPS) is 13.8. The first kappa shape index (κ1) is 20.8. The van der Waals surface area contributed by atoms with Gasteiger partial charge in [-0.25, -0.2) is 9.29 Å². The molecule has 3 aromatic carbocycles. The summed E-state index contributed by atoms with van der Waals surface area (Å²) in [6.07, 6.45) is 0. The second kappa shape index (κ2) is 8.74. The molecule has 0 radical (unpaired) electrons. The van der Waals surface area contributed by atoms with Crippen LogP contribution >= 0.6 is 11.6 Å². The van der Waals surface area contributed by atoms with Gasteiger partial charge in [-0.05, 0) is 42.3 Å². The fraction of sp³-hybridized carbons (Fsp3) is 0.120. The summed E-state index contributed by atoms with van der Waals surface area (Å²) < 4.78 is 13.5. The van der Waals surface area contributed by atoms with Crippen molar-refractivity contribution in [3.8, 4) is 0 Å². The van der Waals surface area contributed by atoms with Crippen molar-refractivity contribution in [3.63, 3.8) is 0 Å². The van der Waals surface area contributed by atoms with Crippen LogP contribution in [0, 0.1) is 5.82 Å². The number of halogens is 2. The highest BCUT2D eigenvalue weighted by Crippen LogP contribution is 2.37. The smallest absolute Gasteiger partial charge is 0.282 e. The van der Waals surface area contributed by atoms with Gasteiger partial charge in [0.25, 0.3) is 11.8 Å². The highest BCUT2D eigenvalue weighted by molar-refractivity contribution is 6.47. The van der Waals surface area contributed by atoms with Gasteiger partial charge >= 0.3 is 0 Å². The van der Waals surface area contributed by atoms with E-state index in [1.807, 2.05) is 42.2 Å². The second-order valence-corrected chi connectivity index (χ2v) is 7.53. The molecule has 0 unspecified atom stereocenters. The van der Waals surface area contributed by atoms with Gasteiger partial charge in [-0.2, -0.15) is 0 Å². The Labute approximate surface area is 185 Å². The Morgan fingerprint density at radius 3 is 2.16 bits per heavy atom. The Bertz CT molecular complexity index is 1160. The highest BCUT2D eigenvalue weighted by atomic mass is 35.5. The van der Waals surface area contributed by atoms with Crippen LogP contribution in [-0.2, 0) is 16.1 Å². The third-order valence-electron chi connectivity index (χ3n) is 5.20. The molecule has 156 valence electrons. The molecule has 1 aliphatic heterocycles. The van der Waals surface area contributed by atoms with Gasteiger partial charge in [0, 0.05) is 13.1 Å². The highest BCUT2D eigenvalue weighted by Gasteiger charge is 2.42. The van der Waals surface area contributed by atoms with Gasteiger partial charge in [0.15, 0.2) is 0 Å². The molecule has 0 fully saturated rings. The van der Waals surface area contributed by atoms with Gasteiger partial charge < -0.3 is 4.90 Å². The number of carbonyl (C=O) groups excluding carboxylic acids is 2. The minimum absolute atomic E-state index is 0.239. The topological polar surface area (TPSA) is 40.6 Å². The molecule has 4 rings (SSSR count). The van der Waals surface area contributed by atoms with E-state index in [1.54, 1.807) is 24.3 Å². The average Bonchev–Trinajstić information content (AvgIpc) is 3.04. The number of hydrogen-bond acceptors (Lipinski definition) is 3. The van der Waals surface area contributed by atoms with Crippen LogP contribution in [0.25, 0.3) is 5.57 Å². The first-order valence-corrected chi connectivity index (χ1v) is 10.3. The van der Waals surface area contributed by atoms with Gasteiger partial charge in [0.2, 0.25) is 0 Å². The minimum atomic E-state index is -0.480. The zero-order chi connectivity index (χ0) is 22.0. The van der Waals surface area contributed by atoms with Crippen molar-refractivity contribution in [1.82, 2.24) is 4.90 Å². The molecule has 0 aromatic heterocycles. The van der Waals surface area contributed by atoms with Crippen LogP contribution in [0.5, 0.6) is 0 Å². The van der Waals surface area contributed by atoms with E-state index in [0.717, 1.165) is 10.5 Å². The summed E-state index contributed by atoms with van der Waals surface area (Å²) in [7, 11) is 0. The Hall–Kier alpha value is -3.44. The first-order valence-electron chi connectivity index (χ1n) is 9.93. The minimum Gasteiger partial charge on any atom is -0.362 e. The van der Waals surface area contributed by atoms with E-state index in [-0.39, 0.29) is 11.3 Å². The molecule has 0 atom stereocenters. The Balaban J connectivity index is 1.85. The summed E-state index contributed by atoms with van der Waals surface area (Å²) in [5, 5.41) is 0.301. The lowest BCUT2D eigenvalue weighted by molar-refractivity contribution is -0.120. The van der Waals surface area contributed by atoms with Crippen molar-refractivity contribution in [3.05, 3.63) is 107 Å². The molecule has 0 N–H and O–H groups in total. The molecule has 2 amide bonds. The van der Waals surface area contributed by atoms with Crippen LogP contribution in [0.15, 0.2) is 84.6 Å². The van der Waals surface area contributed by atoms with E-state index in [9.17, 15) is 14.0 Å². The average molecular weight is 435 g/mol. The lowest BCUT2D eigenvalue weighted by atomic mass is 10.0. The van der Waals surface area contributed by atoms with E-state index in [2.05, 4.69) is 0 Å². The number of amides is 2. The zero-order valence-corrected chi connectivity index (χ0v) is 17.6. The van der Waals surface area contributed by atoms with Crippen LogP contribution in [-0.4, -0.2) is 23.3 Å². The molecule has 1 heterocycles. The fourth-order valence-electron chi connectivity index (χ4n) is 3.69. The Morgan fingerprint density at radius 1 is 0.871 bits per heavy atom. The van der Waals surface area contributed by atoms with Crippen molar-refractivity contribution in [2.24, 2.45) is 0 Å². The lowest BCUT2D eigenvalue weighted by Gasteiger charge is -2.25. The van der Waals surface area contributed by atoms with Crippen molar-refractivity contribution in [2.75, 3.05) is 11.4 Å². The number of anilines is 1. The second-order valence-electron chi connectivity index (χ2n) is 7.13. The fourth-order valence-corrected chi connectivity index (χ4v) is 3.91. The number of carbonyl (C=O) groups is 2. The van der Waals surface area contributed by atoms with Gasteiger partial charge in [-0.3, -0.25) is 9.59 Å². The number of benzene rings is 3. The van der Waals surface area contributed by atoms with E-state index < -0.39 is 17.6 Å². The van der Waals surface area contributed by atoms with Crippen LogP contribution in [0.1, 0.15) is 18.1 Å². The number of para-hydroxylation sites is 1. The van der Waals surface area contributed by atoms with Crippen LogP contribution in [0.3, 0.4) is 0 Å². The summed E-state index contributed by atoms with van der Waals surface area (Å²) in [6.45, 7) is 2.88. The molecule has 3 aromatic rings. The SMILES string of the molecule is CCN(Cc1ccccc1)C1=C(c2ccc(F)cc2)C(=O)N(c2ccccc2Cl)C1=O. The molecule has 0 saturated carbocycles. The third kappa shape index (κ3) is 3.97. The van der Waals surface area contributed by atoms with Crippen molar-refractivity contribution in [2.45, 2.75) is 13.5 Å². The molecule has 4 nitrogen and oxygen atoms in total. The number of imide groups is 1. The maximum Gasteiger partial charge on any atom is 0.282 e. The van der Waals surface area contributed by atoms with E-state index >= 15 is 0 Å². The van der Waals surface area contributed by atoms with E-state index in [4.69, 9.17) is 11.6 Å². The molecule has 0 bridgehead atoms. The summed E-state index contributed by atoms with van der Waals surface area (Å²) in [5.41, 5.74) is 2.33. The number of nitrogens with zero attached hydrogens (tertiary/aromatic N) is 2. The molecule has 0 saturated heterocycles. The van der Waals surface area contributed by atoms with Gasteiger partial charge in [0.05, 0.1) is 16.3 Å². The summed E-state index contributed by atoms with van der Waals surface area (Å²) in [4.78, 5) is 30.1. The number of hydrogen-bond donors (Lipinski definition) is 0. The van der Waals surface area contributed by atoms with Gasteiger partial charge in [0.1, 0.15) is 11.5 Å². The van der Waals surface area contributed by atoms with Crippen LogP contribution in [0.2, 0.25) is 5.02 Å². The van der Waals surface area contributed by atoms with Crippen molar-refractivity contribution in [1.29, 1.82) is 0 Å². The number of likely N-dealkylation sites (N-methyl/N-ethyl adjacent to an activating group) is 1. The maximum atomic E-state index is 13.6. The summed E-state index contributed by atoms with van der Waals surface area (Å²) in [5.74, 6) is -1.34. The molecule has 6 heteroatoms. The first-order chi connectivity index (χ1) is 15.0. The van der Waals surface area contributed by atoms with Crippen LogP contribution in [0.4, 0.5) is 10.1 Å². The molecular formula is C25H20ClFN2O2. The number of rotatable bonds is 6. The van der Waals surface area contributed by atoms with Crippen molar-refractivity contribution < 1.29 is 14.0 Å². The summed E-state index contributed by atoms with van der Waals surface area (Å²) >= 11 is 6.31. The largest absolute Gasteiger partial charge is 0.362 e. The molecule has 31 heavy (non-hydrogen) atoms. The standard InChI is InChI=1S/C25H20ClFN2O2/c1-2-28(16-17-8-4-3-5-9-17)23-22(18-12-14-19(27)15-13-18)24(30)29(25(23)31)21-11-7-6-10-20(21)26/h3-15H,2,16H2,1H3.